The van der Waals surface area contributed by atoms with Crippen LogP contribution in [0.1, 0.15) is 31.2 Å². The minimum atomic E-state index is -0.0881. The molecule has 0 amide bonds. The van der Waals surface area contributed by atoms with Crippen molar-refractivity contribution in [2.75, 3.05) is 19.8 Å². The predicted molar refractivity (Wildman–Crippen MR) is 82.9 cm³/mol. The molecule has 2 aliphatic heterocycles. The Bertz CT molecular complexity index is 453. The second-order valence-corrected chi connectivity index (χ2v) is 6.39. The minimum absolute atomic E-state index is 0.0881. The van der Waals surface area contributed by atoms with Crippen LogP contribution in [0.4, 0.5) is 0 Å². The molecule has 0 unspecified atom stereocenters. The highest BCUT2D eigenvalue weighted by Crippen LogP contribution is 2.45. The van der Waals surface area contributed by atoms with Gasteiger partial charge in [0.1, 0.15) is 0 Å². The van der Waals surface area contributed by atoms with E-state index in [4.69, 9.17) is 15.6 Å². The molecule has 2 heterocycles. The highest BCUT2D eigenvalue weighted by Gasteiger charge is 2.52. The van der Waals surface area contributed by atoms with Crippen molar-refractivity contribution in [2.24, 2.45) is 11.7 Å². The Kier molecular flexibility index (Phi) is 4.60. The number of hydrogen-bond acceptors (Lipinski definition) is 4. The van der Waals surface area contributed by atoms with Crippen molar-refractivity contribution in [2.45, 2.75) is 43.3 Å². The SMILES string of the molecule is N[C@@H]1CC[C@@H]2N[C@@]1(c1ccccc1)C[C@H]2COCCCO. The van der Waals surface area contributed by atoms with E-state index in [1.807, 2.05) is 0 Å². The Morgan fingerprint density at radius 2 is 2.10 bits per heavy atom. The fourth-order valence-corrected chi connectivity index (χ4v) is 3.96. The summed E-state index contributed by atoms with van der Waals surface area (Å²) >= 11 is 0. The Morgan fingerprint density at radius 1 is 1.29 bits per heavy atom. The highest BCUT2D eigenvalue weighted by molar-refractivity contribution is 5.30. The largest absolute Gasteiger partial charge is 0.396 e. The summed E-state index contributed by atoms with van der Waals surface area (Å²) in [6, 6.07) is 11.3. The Hall–Kier alpha value is -0.940. The average molecular weight is 290 g/mol. The molecule has 3 rings (SSSR count). The molecule has 0 aromatic heterocycles. The van der Waals surface area contributed by atoms with E-state index in [2.05, 4.69) is 35.6 Å². The highest BCUT2D eigenvalue weighted by atomic mass is 16.5. The zero-order chi connectivity index (χ0) is 14.7. The predicted octanol–water partition coefficient (Wildman–Crippen LogP) is 1.38. The quantitative estimate of drug-likeness (QED) is 0.693. The molecule has 2 bridgehead atoms. The maximum Gasteiger partial charge on any atom is 0.0594 e. The van der Waals surface area contributed by atoms with Crippen molar-refractivity contribution in [1.29, 1.82) is 0 Å². The fourth-order valence-electron chi connectivity index (χ4n) is 3.96. The summed E-state index contributed by atoms with van der Waals surface area (Å²) in [5.74, 6) is 0.512. The molecular weight excluding hydrogens is 264 g/mol. The van der Waals surface area contributed by atoms with Gasteiger partial charge in [0.2, 0.25) is 0 Å². The molecule has 0 spiro atoms. The van der Waals surface area contributed by atoms with E-state index in [9.17, 15) is 0 Å². The number of fused-ring (bicyclic) bond motifs is 2. The van der Waals surface area contributed by atoms with E-state index in [0.717, 1.165) is 25.9 Å². The van der Waals surface area contributed by atoms with E-state index < -0.39 is 0 Å². The zero-order valence-corrected chi connectivity index (χ0v) is 12.5. The van der Waals surface area contributed by atoms with Crippen LogP contribution < -0.4 is 11.1 Å². The first-order valence-corrected chi connectivity index (χ1v) is 8.03. The maximum absolute atomic E-state index is 8.82. The van der Waals surface area contributed by atoms with Gasteiger partial charge in [0.05, 0.1) is 12.1 Å². The summed E-state index contributed by atoms with van der Waals surface area (Å²) < 4.78 is 5.74. The molecule has 2 fully saturated rings. The van der Waals surface area contributed by atoms with Crippen LogP contribution in [0.25, 0.3) is 0 Å². The van der Waals surface area contributed by atoms with Gasteiger partial charge in [0, 0.05) is 25.3 Å². The second-order valence-electron chi connectivity index (χ2n) is 6.39. The summed E-state index contributed by atoms with van der Waals surface area (Å²) in [4.78, 5) is 0. The van der Waals surface area contributed by atoms with Gasteiger partial charge in [0.15, 0.2) is 0 Å². The van der Waals surface area contributed by atoms with Crippen molar-refractivity contribution in [3.05, 3.63) is 35.9 Å². The van der Waals surface area contributed by atoms with Crippen molar-refractivity contribution >= 4 is 0 Å². The van der Waals surface area contributed by atoms with Crippen LogP contribution in [-0.2, 0) is 10.3 Å². The first-order chi connectivity index (χ1) is 10.3. The van der Waals surface area contributed by atoms with Gasteiger partial charge in [-0.15, -0.1) is 0 Å². The molecule has 2 saturated heterocycles. The lowest BCUT2D eigenvalue weighted by molar-refractivity contribution is 0.0820. The zero-order valence-electron chi connectivity index (χ0n) is 12.5. The lowest BCUT2D eigenvalue weighted by Crippen LogP contribution is -2.57. The average Bonchev–Trinajstić information content (AvgIpc) is 2.84. The maximum atomic E-state index is 8.82. The van der Waals surface area contributed by atoms with Crippen LogP contribution in [0.2, 0.25) is 0 Å². The number of ether oxygens (including phenoxy) is 1. The third-order valence-electron chi connectivity index (χ3n) is 5.09. The van der Waals surface area contributed by atoms with E-state index in [1.165, 1.54) is 5.56 Å². The molecule has 4 atom stereocenters. The summed E-state index contributed by atoms with van der Waals surface area (Å²) in [7, 11) is 0. The first-order valence-electron chi connectivity index (χ1n) is 8.03. The van der Waals surface area contributed by atoms with Crippen LogP contribution in [-0.4, -0.2) is 37.0 Å². The third kappa shape index (κ3) is 2.86. The lowest BCUT2D eigenvalue weighted by Gasteiger charge is -2.40. The van der Waals surface area contributed by atoms with E-state index in [1.54, 1.807) is 0 Å². The van der Waals surface area contributed by atoms with Gasteiger partial charge < -0.3 is 20.9 Å². The normalized spacial score (nSPS) is 35.0. The summed E-state index contributed by atoms with van der Waals surface area (Å²) in [6.45, 7) is 1.61. The number of piperidine rings is 1. The van der Waals surface area contributed by atoms with E-state index in [0.29, 0.717) is 25.0 Å². The monoisotopic (exact) mass is 290 g/mol. The van der Waals surface area contributed by atoms with Crippen LogP contribution in [0.3, 0.4) is 0 Å². The topological polar surface area (TPSA) is 67.5 Å². The molecule has 1 aromatic rings. The molecule has 0 radical (unpaired) electrons. The molecule has 4 N–H and O–H groups in total. The summed E-state index contributed by atoms with van der Waals surface area (Å²) in [5, 5.41) is 12.6. The van der Waals surface area contributed by atoms with Gasteiger partial charge in [-0.05, 0) is 37.2 Å². The van der Waals surface area contributed by atoms with Crippen molar-refractivity contribution < 1.29 is 9.84 Å². The Morgan fingerprint density at radius 3 is 2.86 bits per heavy atom. The number of aliphatic hydroxyl groups is 1. The number of aliphatic hydroxyl groups excluding tert-OH is 1. The van der Waals surface area contributed by atoms with Crippen molar-refractivity contribution in [1.82, 2.24) is 5.32 Å². The number of rotatable bonds is 6. The minimum Gasteiger partial charge on any atom is -0.396 e. The number of nitrogens with one attached hydrogen (secondary N) is 1. The van der Waals surface area contributed by atoms with Crippen LogP contribution in [0.5, 0.6) is 0 Å². The van der Waals surface area contributed by atoms with Gasteiger partial charge in [-0.1, -0.05) is 30.3 Å². The third-order valence-corrected chi connectivity index (χ3v) is 5.09. The molecule has 0 aliphatic carbocycles. The van der Waals surface area contributed by atoms with Gasteiger partial charge >= 0.3 is 0 Å². The second kappa shape index (κ2) is 6.44. The molecule has 0 saturated carbocycles. The molecule has 4 heteroatoms. The van der Waals surface area contributed by atoms with Crippen molar-refractivity contribution in [3.8, 4) is 0 Å². The van der Waals surface area contributed by atoms with Gasteiger partial charge in [0.25, 0.3) is 0 Å². The standard InChI is InChI=1S/C17H26N2O2/c18-16-8-7-15-13(12-21-10-4-9-20)11-17(16,19-15)14-5-2-1-3-6-14/h1-3,5-6,13,15-16,19-20H,4,7-12,18H2/t13-,15-,16+,17+/m0/s1. The summed E-state index contributed by atoms with van der Waals surface area (Å²) in [5.41, 5.74) is 7.70. The fraction of sp³-hybridized carbons (Fsp3) is 0.647. The molecule has 2 aliphatic rings. The Labute approximate surface area is 126 Å². The van der Waals surface area contributed by atoms with E-state index in [-0.39, 0.29) is 18.2 Å². The number of hydrogen-bond donors (Lipinski definition) is 3. The van der Waals surface area contributed by atoms with Gasteiger partial charge in [-0.3, -0.25) is 0 Å². The Balaban J connectivity index is 1.72. The molecule has 21 heavy (non-hydrogen) atoms. The van der Waals surface area contributed by atoms with Gasteiger partial charge in [-0.2, -0.15) is 0 Å². The summed E-state index contributed by atoms with van der Waals surface area (Å²) in [6.07, 6.45) is 3.96. The van der Waals surface area contributed by atoms with Gasteiger partial charge in [-0.25, -0.2) is 0 Å². The molecule has 4 nitrogen and oxygen atoms in total. The van der Waals surface area contributed by atoms with Crippen LogP contribution in [0.15, 0.2) is 30.3 Å². The van der Waals surface area contributed by atoms with Crippen LogP contribution in [0, 0.1) is 5.92 Å². The molecular formula is C17H26N2O2. The number of benzene rings is 1. The lowest BCUT2D eigenvalue weighted by atomic mass is 9.79. The first kappa shape index (κ1) is 15.0. The van der Waals surface area contributed by atoms with Crippen molar-refractivity contribution in [3.63, 3.8) is 0 Å². The van der Waals surface area contributed by atoms with Crippen LogP contribution >= 0.6 is 0 Å². The molecule has 1 aromatic carbocycles. The van der Waals surface area contributed by atoms with E-state index >= 15 is 0 Å². The molecule has 116 valence electrons. The smallest absolute Gasteiger partial charge is 0.0594 e. The number of nitrogens with two attached hydrogens (primary N) is 1.